The average Bonchev–Trinajstić information content (AvgIpc) is 2.65. The van der Waals surface area contributed by atoms with Gasteiger partial charge in [-0.05, 0) is 23.6 Å². The largest absolute Gasteiger partial charge is 0.369 e. The van der Waals surface area contributed by atoms with Crippen molar-refractivity contribution in [3.8, 4) is 0 Å². The van der Waals surface area contributed by atoms with E-state index in [2.05, 4.69) is 10.3 Å². The minimum Gasteiger partial charge on any atom is -0.369 e. The molecule has 1 aromatic carbocycles. The molecule has 3 rings (SSSR count). The van der Waals surface area contributed by atoms with Crippen LogP contribution < -0.4 is 5.32 Å². The number of hydrogen-bond acceptors (Lipinski definition) is 4. The second kappa shape index (κ2) is 8.39. The Morgan fingerprint density at radius 1 is 1.20 bits per heavy atom. The Kier molecular flexibility index (Phi) is 5.74. The Hall–Kier alpha value is -2.73. The van der Waals surface area contributed by atoms with Crippen molar-refractivity contribution in [1.29, 1.82) is 0 Å². The molecule has 1 aromatic heterocycles. The highest BCUT2D eigenvalue weighted by molar-refractivity contribution is 5.89. The number of aromatic nitrogens is 1. The predicted molar refractivity (Wildman–Crippen MR) is 92.5 cm³/mol. The number of nitrogens with zero attached hydrogens (tertiary/aromatic N) is 2. The van der Waals surface area contributed by atoms with Crippen molar-refractivity contribution in [2.45, 2.75) is 19.0 Å². The van der Waals surface area contributed by atoms with E-state index in [1.807, 2.05) is 42.5 Å². The minimum atomic E-state index is -0.602. The molecule has 0 saturated carbocycles. The van der Waals surface area contributed by atoms with Gasteiger partial charge in [-0.25, -0.2) is 0 Å². The lowest BCUT2D eigenvalue weighted by Gasteiger charge is -2.34. The summed E-state index contributed by atoms with van der Waals surface area (Å²) in [6.45, 7) is 1.14. The molecule has 1 saturated heterocycles. The van der Waals surface area contributed by atoms with Gasteiger partial charge in [0.2, 0.25) is 11.8 Å². The maximum atomic E-state index is 12.5. The summed E-state index contributed by atoms with van der Waals surface area (Å²) in [6, 6.07) is 12.9. The fraction of sp³-hybridized carbons (Fsp3) is 0.316. The highest BCUT2D eigenvalue weighted by atomic mass is 16.5. The summed E-state index contributed by atoms with van der Waals surface area (Å²) < 4.78 is 5.29. The van der Waals surface area contributed by atoms with Gasteiger partial charge in [0, 0.05) is 25.5 Å². The molecule has 2 aromatic rings. The number of ether oxygens (including phenoxy) is 1. The van der Waals surface area contributed by atoms with Crippen LogP contribution in [0.5, 0.6) is 0 Å². The summed E-state index contributed by atoms with van der Waals surface area (Å²) in [5.74, 6) is -0.351. The minimum absolute atomic E-state index is 0.0201. The second-order valence-electron chi connectivity index (χ2n) is 5.94. The normalized spacial score (nSPS) is 17.4. The number of pyridine rings is 1. The van der Waals surface area contributed by atoms with Crippen LogP contribution in [0.15, 0.2) is 54.9 Å². The lowest BCUT2D eigenvalue weighted by Crippen LogP contribution is -2.56. The fourth-order valence-electron chi connectivity index (χ4n) is 2.79. The number of benzene rings is 1. The van der Waals surface area contributed by atoms with Gasteiger partial charge in [-0.15, -0.1) is 0 Å². The number of hydrogen-bond donors (Lipinski definition) is 1. The fourth-order valence-corrected chi connectivity index (χ4v) is 2.79. The van der Waals surface area contributed by atoms with Gasteiger partial charge in [0.05, 0.1) is 6.61 Å². The number of nitrogens with one attached hydrogen (secondary N) is 1. The SMILES string of the molecule is O=C(NCCc1cccnc1)[C@H]1COCC(=O)N1Cc1ccccc1. The number of carbonyl (C=O) groups excluding carboxylic acids is 2. The van der Waals surface area contributed by atoms with E-state index in [0.717, 1.165) is 11.1 Å². The molecule has 130 valence electrons. The first-order chi connectivity index (χ1) is 12.2. The van der Waals surface area contributed by atoms with Crippen molar-refractivity contribution in [3.63, 3.8) is 0 Å². The third-order valence-electron chi connectivity index (χ3n) is 4.13. The van der Waals surface area contributed by atoms with Gasteiger partial charge in [-0.2, -0.15) is 0 Å². The van der Waals surface area contributed by atoms with Crippen LogP contribution in [0.3, 0.4) is 0 Å². The lowest BCUT2D eigenvalue weighted by atomic mass is 10.1. The highest BCUT2D eigenvalue weighted by Gasteiger charge is 2.33. The second-order valence-corrected chi connectivity index (χ2v) is 5.94. The van der Waals surface area contributed by atoms with Crippen LogP contribution in [0.4, 0.5) is 0 Å². The number of carbonyl (C=O) groups is 2. The van der Waals surface area contributed by atoms with Crippen molar-refractivity contribution in [3.05, 3.63) is 66.0 Å². The maximum absolute atomic E-state index is 12.5. The van der Waals surface area contributed by atoms with Crippen LogP contribution >= 0.6 is 0 Å². The molecule has 6 nitrogen and oxygen atoms in total. The van der Waals surface area contributed by atoms with Crippen LogP contribution in [-0.4, -0.2) is 47.5 Å². The molecular formula is C19H21N3O3. The van der Waals surface area contributed by atoms with Gasteiger partial charge in [0.1, 0.15) is 12.6 Å². The first kappa shape index (κ1) is 17.1. The van der Waals surface area contributed by atoms with Crippen molar-refractivity contribution in [2.75, 3.05) is 19.8 Å². The maximum Gasteiger partial charge on any atom is 0.249 e. The third kappa shape index (κ3) is 4.64. The summed E-state index contributed by atoms with van der Waals surface area (Å²) in [4.78, 5) is 30.4. The topological polar surface area (TPSA) is 71.5 Å². The Morgan fingerprint density at radius 3 is 2.76 bits per heavy atom. The summed E-state index contributed by atoms with van der Waals surface area (Å²) in [6.07, 6.45) is 4.19. The zero-order valence-corrected chi connectivity index (χ0v) is 13.9. The Labute approximate surface area is 146 Å². The van der Waals surface area contributed by atoms with Crippen LogP contribution in [0.2, 0.25) is 0 Å². The highest BCUT2D eigenvalue weighted by Crippen LogP contribution is 2.14. The first-order valence-electron chi connectivity index (χ1n) is 8.32. The Bertz CT molecular complexity index is 706. The summed E-state index contributed by atoms with van der Waals surface area (Å²) >= 11 is 0. The van der Waals surface area contributed by atoms with Crippen molar-refractivity contribution in [1.82, 2.24) is 15.2 Å². The molecule has 25 heavy (non-hydrogen) atoms. The molecule has 1 aliphatic rings. The molecule has 0 bridgehead atoms. The van der Waals surface area contributed by atoms with E-state index in [4.69, 9.17) is 4.74 Å². The van der Waals surface area contributed by atoms with E-state index in [0.29, 0.717) is 19.5 Å². The zero-order valence-electron chi connectivity index (χ0n) is 13.9. The number of rotatable bonds is 6. The van der Waals surface area contributed by atoms with E-state index < -0.39 is 6.04 Å². The molecule has 1 atom stereocenters. The van der Waals surface area contributed by atoms with Gasteiger partial charge in [-0.3, -0.25) is 14.6 Å². The summed E-state index contributed by atoms with van der Waals surface area (Å²) in [5, 5.41) is 2.90. The number of morpholine rings is 1. The van der Waals surface area contributed by atoms with Crippen LogP contribution in [0.25, 0.3) is 0 Å². The molecule has 1 N–H and O–H groups in total. The molecule has 0 aliphatic carbocycles. The molecule has 1 aliphatic heterocycles. The molecule has 0 radical (unpaired) electrons. The lowest BCUT2D eigenvalue weighted by molar-refractivity contribution is -0.155. The van der Waals surface area contributed by atoms with E-state index in [-0.39, 0.29) is 25.0 Å². The Morgan fingerprint density at radius 2 is 2.00 bits per heavy atom. The standard InChI is InChI=1S/C19H21N3O3/c23-18-14-25-13-17(22(18)12-16-5-2-1-3-6-16)19(24)21-10-8-15-7-4-9-20-11-15/h1-7,9,11,17H,8,10,12-14H2,(H,21,24)/t17-/m1/s1. The first-order valence-corrected chi connectivity index (χ1v) is 8.32. The zero-order chi connectivity index (χ0) is 17.5. The van der Waals surface area contributed by atoms with Gasteiger partial charge in [0.25, 0.3) is 0 Å². The van der Waals surface area contributed by atoms with Crippen LogP contribution in [0.1, 0.15) is 11.1 Å². The predicted octanol–water partition coefficient (Wildman–Crippen LogP) is 1.17. The van der Waals surface area contributed by atoms with Gasteiger partial charge in [0.15, 0.2) is 0 Å². The third-order valence-corrected chi connectivity index (χ3v) is 4.13. The van der Waals surface area contributed by atoms with E-state index in [1.54, 1.807) is 17.3 Å². The number of amides is 2. The van der Waals surface area contributed by atoms with Gasteiger partial charge < -0.3 is 15.0 Å². The quantitative estimate of drug-likeness (QED) is 0.857. The van der Waals surface area contributed by atoms with Gasteiger partial charge in [-0.1, -0.05) is 36.4 Å². The summed E-state index contributed by atoms with van der Waals surface area (Å²) in [7, 11) is 0. The molecule has 2 heterocycles. The van der Waals surface area contributed by atoms with Crippen molar-refractivity contribution >= 4 is 11.8 Å². The smallest absolute Gasteiger partial charge is 0.249 e. The van der Waals surface area contributed by atoms with E-state index in [9.17, 15) is 9.59 Å². The van der Waals surface area contributed by atoms with Gasteiger partial charge >= 0.3 is 0 Å². The molecular weight excluding hydrogens is 318 g/mol. The monoisotopic (exact) mass is 339 g/mol. The van der Waals surface area contributed by atoms with Crippen molar-refractivity contribution in [2.24, 2.45) is 0 Å². The molecule has 1 fully saturated rings. The average molecular weight is 339 g/mol. The molecule has 0 spiro atoms. The van der Waals surface area contributed by atoms with E-state index in [1.165, 1.54) is 0 Å². The van der Waals surface area contributed by atoms with Crippen molar-refractivity contribution < 1.29 is 14.3 Å². The Balaban J connectivity index is 1.59. The summed E-state index contributed by atoms with van der Waals surface area (Å²) in [5.41, 5.74) is 2.05. The van der Waals surface area contributed by atoms with Crippen LogP contribution in [0, 0.1) is 0 Å². The van der Waals surface area contributed by atoms with E-state index >= 15 is 0 Å². The molecule has 0 unspecified atom stereocenters. The molecule has 6 heteroatoms. The van der Waals surface area contributed by atoms with Crippen LogP contribution in [-0.2, 0) is 27.3 Å². The molecule has 2 amide bonds.